The molecule has 1 aromatic rings. The molecular formula is C10H14N4O2. The molecule has 0 bridgehead atoms. The van der Waals surface area contributed by atoms with E-state index in [2.05, 4.69) is 15.3 Å². The molecule has 0 radical (unpaired) electrons. The number of hydrogen-bond acceptors (Lipinski definition) is 5. The zero-order valence-corrected chi connectivity index (χ0v) is 9.09. The van der Waals surface area contributed by atoms with Crippen molar-refractivity contribution in [3.8, 4) is 0 Å². The zero-order chi connectivity index (χ0) is 11.4. The van der Waals surface area contributed by atoms with E-state index < -0.39 is 6.10 Å². The van der Waals surface area contributed by atoms with Gasteiger partial charge in [-0.25, -0.2) is 9.97 Å². The lowest BCUT2D eigenvalue weighted by Gasteiger charge is -2.31. The third kappa shape index (κ3) is 2.27. The van der Waals surface area contributed by atoms with Gasteiger partial charge in [-0.1, -0.05) is 0 Å². The third-order valence-corrected chi connectivity index (χ3v) is 2.44. The maximum absolute atomic E-state index is 11.4. The van der Waals surface area contributed by atoms with Crippen LogP contribution in [0.15, 0.2) is 18.5 Å². The Labute approximate surface area is 93.6 Å². The number of anilines is 1. The molecule has 0 unspecified atom stereocenters. The Morgan fingerprint density at radius 1 is 1.56 bits per heavy atom. The minimum absolute atomic E-state index is 0.111. The van der Waals surface area contributed by atoms with Crippen molar-refractivity contribution in [2.45, 2.75) is 6.10 Å². The van der Waals surface area contributed by atoms with Crippen LogP contribution >= 0.6 is 0 Å². The Hall–Kier alpha value is -1.69. The Morgan fingerprint density at radius 2 is 2.31 bits per heavy atom. The Bertz CT molecular complexity index is 357. The topological polar surface area (TPSA) is 67.4 Å². The fourth-order valence-corrected chi connectivity index (χ4v) is 1.61. The van der Waals surface area contributed by atoms with Gasteiger partial charge in [0, 0.05) is 26.0 Å². The lowest BCUT2D eigenvalue weighted by Crippen LogP contribution is -2.49. The van der Waals surface area contributed by atoms with Gasteiger partial charge in [-0.05, 0) is 6.07 Å². The second-order valence-electron chi connectivity index (χ2n) is 3.47. The van der Waals surface area contributed by atoms with Crippen LogP contribution < -0.4 is 10.2 Å². The summed E-state index contributed by atoms with van der Waals surface area (Å²) in [5.41, 5.74) is 0. The van der Waals surface area contributed by atoms with Crippen LogP contribution in [0.5, 0.6) is 0 Å². The summed E-state index contributed by atoms with van der Waals surface area (Å²) in [6.45, 7) is 1.71. The molecule has 6 nitrogen and oxygen atoms in total. The average Bonchev–Trinajstić information content (AvgIpc) is 2.39. The third-order valence-electron chi connectivity index (χ3n) is 2.44. The standard InChI is InChI=1S/C10H14N4O2/c1-11-9(15)8-7-14(5-6-16-8)10-12-3-2-4-13-10/h2-4,8H,5-7H2,1H3,(H,11,15)/t8-/m1/s1. The zero-order valence-electron chi connectivity index (χ0n) is 9.09. The predicted molar refractivity (Wildman–Crippen MR) is 58.1 cm³/mol. The second-order valence-corrected chi connectivity index (χ2v) is 3.47. The van der Waals surface area contributed by atoms with Gasteiger partial charge < -0.3 is 15.0 Å². The molecule has 2 heterocycles. The molecule has 1 amide bonds. The van der Waals surface area contributed by atoms with Crippen LogP contribution in [0, 0.1) is 0 Å². The summed E-state index contributed by atoms with van der Waals surface area (Å²) in [4.78, 5) is 21.7. The summed E-state index contributed by atoms with van der Waals surface area (Å²) in [7, 11) is 1.60. The van der Waals surface area contributed by atoms with Gasteiger partial charge in [0.1, 0.15) is 0 Å². The van der Waals surface area contributed by atoms with E-state index in [4.69, 9.17) is 4.74 Å². The molecule has 86 valence electrons. The molecule has 1 N–H and O–H groups in total. The molecule has 1 fully saturated rings. The molecule has 6 heteroatoms. The number of nitrogens with zero attached hydrogens (tertiary/aromatic N) is 3. The number of hydrogen-bond donors (Lipinski definition) is 1. The van der Waals surface area contributed by atoms with E-state index in [0.29, 0.717) is 25.6 Å². The first-order valence-electron chi connectivity index (χ1n) is 5.16. The van der Waals surface area contributed by atoms with Crippen molar-refractivity contribution < 1.29 is 9.53 Å². The maximum Gasteiger partial charge on any atom is 0.250 e. The minimum atomic E-state index is -0.442. The van der Waals surface area contributed by atoms with Crippen LogP contribution in [0.1, 0.15) is 0 Å². The van der Waals surface area contributed by atoms with Crippen LogP contribution in [0.2, 0.25) is 0 Å². The number of carbonyl (C=O) groups excluding carboxylic acids is 1. The van der Waals surface area contributed by atoms with E-state index in [1.165, 1.54) is 0 Å². The second kappa shape index (κ2) is 4.89. The van der Waals surface area contributed by atoms with Gasteiger partial charge in [0.15, 0.2) is 6.10 Å². The number of amides is 1. The highest BCUT2D eigenvalue weighted by Gasteiger charge is 2.26. The molecule has 1 aliphatic heterocycles. The predicted octanol–water partition coefficient (Wildman–Crippen LogP) is -0.572. The molecule has 16 heavy (non-hydrogen) atoms. The number of ether oxygens (including phenoxy) is 1. The molecule has 1 atom stereocenters. The number of morpholine rings is 1. The highest BCUT2D eigenvalue weighted by atomic mass is 16.5. The molecule has 1 aliphatic rings. The number of carbonyl (C=O) groups is 1. The summed E-state index contributed by atoms with van der Waals surface area (Å²) in [6, 6.07) is 1.76. The fourth-order valence-electron chi connectivity index (χ4n) is 1.61. The van der Waals surface area contributed by atoms with Crippen molar-refractivity contribution in [3.05, 3.63) is 18.5 Å². The van der Waals surface area contributed by atoms with Crippen molar-refractivity contribution in [1.82, 2.24) is 15.3 Å². The number of nitrogens with one attached hydrogen (secondary N) is 1. The normalized spacial score (nSPS) is 20.6. The van der Waals surface area contributed by atoms with Crippen LogP contribution in [0.3, 0.4) is 0 Å². The van der Waals surface area contributed by atoms with Crippen molar-refractivity contribution >= 4 is 11.9 Å². The lowest BCUT2D eigenvalue weighted by atomic mass is 10.2. The lowest BCUT2D eigenvalue weighted by molar-refractivity contribution is -0.132. The number of rotatable bonds is 2. The SMILES string of the molecule is CNC(=O)[C@H]1CN(c2ncccn2)CCO1. The van der Waals surface area contributed by atoms with Gasteiger partial charge in [0.2, 0.25) is 5.95 Å². The van der Waals surface area contributed by atoms with Crippen LogP contribution in [-0.4, -0.2) is 48.7 Å². The van der Waals surface area contributed by atoms with E-state index in [1.807, 2.05) is 4.90 Å². The van der Waals surface area contributed by atoms with Crippen molar-refractivity contribution in [3.63, 3.8) is 0 Å². The highest BCUT2D eigenvalue weighted by Crippen LogP contribution is 2.11. The van der Waals surface area contributed by atoms with Gasteiger partial charge in [-0.3, -0.25) is 4.79 Å². The van der Waals surface area contributed by atoms with E-state index in [0.717, 1.165) is 0 Å². The Balaban J connectivity index is 2.05. The van der Waals surface area contributed by atoms with Crippen molar-refractivity contribution in [1.29, 1.82) is 0 Å². The Morgan fingerprint density at radius 3 is 3.00 bits per heavy atom. The highest BCUT2D eigenvalue weighted by molar-refractivity contribution is 5.81. The summed E-state index contributed by atoms with van der Waals surface area (Å²) in [5.74, 6) is 0.528. The van der Waals surface area contributed by atoms with E-state index in [9.17, 15) is 4.79 Å². The van der Waals surface area contributed by atoms with Crippen LogP contribution in [-0.2, 0) is 9.53 Å². The van der Waals surface area contributed by atoms with E-state index >= 15 is 0 Å². The first-order valence-corrected chi connectivity index (χ1v) is 5.16. The van der Waals surface area contributed by atoms with Crippen molar-refractivity contribution in [2.75, 3.05) is 31.6 Å². The molecule has 0 spiro atoms. The molecule has 0 aromatic carbocycles. The number of likely N-dealkylation sites (N-methyl/N-ethyl adjacent to an activating group) is 1. The maximum atomic E-state index is 11.4. The van der Waals surface area contributed by atoms with Gasteiger partial charge in [0.25, 0.3) is 5.91 Å². The fraction of sp³-hybridized carbons (Fsp3) is 0.500. The summed E-state index contributed by atoms with van der Waals surface area (Å²) in [5, 5.41) is 2.58. The first-order chi connectivity index (χ1) is 7.81. The van der Waals surface area contributed by atoms with Crippen LogP contribution in [0.25, 0.3) is 0 Å². The first kappa shape index (κ1) is 10.8. The number of aromatic nitrogens is 2. The van der Waals surface area contributed by atoms with Gasteiger partial charge in [-0.2, -0.15) is 0 Å². The largest absolute Gasteiger partial charge is 0.365 e. The molecule has 0 aliphatic carbocycles. The molecule has 2 rings (SSSR count). The summed E-state index contributed by atoms with van der Waals surface area (Å²) >= 11 is 0. The van der Waals surface area contributed by atoms with Crippen LogP contribution in [0.4, 0.5) is 5.95 Å². The molecule has 0 saturated carbocycles. The van der Waals surface area contributed by atoms with E-state index in [-0.39, 0.29) is 5.91 Å². The van der Waals surface area contributed by atoms with Gasteiger partial charge >= 0.3 is 0 Å². The molecule has 1 aromatic heterocycles. The summed E-state index contributed by atoms with van der Waals surface area (Å²) < 4.78 is 5.37. The molecular weight excluding hydrogens is 208 g/mol. The molecule has 1 saturated heterocycles. The van der Waals surface area contributed by atoms with Gasteiger partial charge in [0.05, 0.1) is 13.2 Å². The minimum Gasteiger partial charge on any atom is -0.365 e. The average molecular weight is 222 g/mol. The Kier molecular flexibility index (Phi) is 3.31. The summed E-state index contributed by atoms with van der Waals surface area (Å²) in [6.07, 6.45) is 2.93. The quantitative estimate of drug-likeness (QED) is 0.725. The smallest absolute Gasteiger partial charge is 0.250 e. The van der Waals surface area contributed by atoms with E-state index in [1.54, 1.807) is 25.5 Å². The van der Waals surface area contributed by atoms with Gasteiger partial charge in [-0.15, -0.1) is 0 Å². The monoisotopic (exact) mass is 222 g/mol. The van der Waals surface area contributed by atoms with Crippen molar-refractivity contribution in [2.24, 2.45) is 0 Å².